The molecule has 0 amide bonds. The molecule has 0 saturated carbocycles. The predicted molar refractivity (Wildman–Crippen MR) is 15.2 cm³/mol. The summed E-state index contributed by atoms with van der Waals surface area (Å²) >= 11 is 0. The van der Waals surface area contributed by atoms with Gasteiger partial charge in [0.25, 0.3) is 0 Å². The Balaban J connectivity index is -0.0000000457. The number of hydrogen-bond donors (Lipinski definition) is 0. The number of hydrogen-bond acceptors (Lipinski definition) is 8. The molecule has 0 N–H and O–H groups in total. The maximum atomic E-state index is 8.55. The molecular formula is AgO8P2V-5. The predicted octanol–water partition coefficient (Wildman–Crippen LogP) is -5.65. The van der Waals surface area contributed by atoms with E-state index in [0.717, 1.165) is 0 Å². The van der Waals surface area contributed by atoms with Gasteiger partial charge >= 0.3 is 22.4 Å². The van der Waals surface area contributed by atoms with Gasteiger partial charge in [-0.05, 0) is 0 Å². The van der Waals surface area contributed by atoms with Crippen molar-refractivity contribution in [3.63, 3.8) is 0 Å². The van der Waals surface area contributed by atoms with Gasteiger partial charge in [0.1, 0.15) is 0 Å². The fraction of sp³-hybridized carbons (Fsp3) is 0. The van der Waals surface area contributed by atoms with Gasteiger partial charge in [-0.1, -0.05) is 0 Å². The molecule has 0 aromatic heterocycles. The molecule has 0 fully saturated rings. The first-order valence-electron chi connectivity index (χ1n) is 1.46. The van der Waals surface area contributed by atoms with Gasteiger partial charge in [-0.3, -0.25) is 0 Å². The van der Waals surface area contributed by atoms with E-state index in [4.69, 9.17) is 38.5 Å². The van der Waals surface area contributed by atoms with E-state index >= 15 is 0 Å². The second-order valence-electron chi connectivity index (χ2n) is 0.894. The Morgan fingerprint density at radius 3 is 0.667 bits per heavy atom. The average Bonchev–Trinajstić information content (AvgIpc) is 1.12. The summed E-state index contributed by atoms with van der Waals surface area (Å²) in [6.45, 7) is 0. The summed E-state index contributed by atoms with van der Waals surface area (Å²) in [5.41, 5.74) is 0. The van der Waals surface area contributed by atoms with Crippen LogP contribution in [0.5, 0.6) is 0 Å². The van der Waals surface area contributed by atoms with Crippen molar-refractivity contribution in [2.45, 2.75) is 0 Å². The minimum Gasteiger partial charge on any atom is -0.822 e. The van der Waals surface area contributed by atoms with Crippen molar-refractivity contribution >= 4 is 15.6 Å². The van der Waals surface area contributed by atoms with Crippen molar-refractivity contribution in [2.24, 2.45) is 0 Å². The molecule has 79 valence electrons. The van der Waals surface area contributed by atoms with Gasteiger partial charge in [0.05, 0.1) is 0 Å². The molecule has 0 aliphatic rings. The molecule has 0 rings (SSSR count). The molecule has 0 unspecified atom stereocenters. The van der Waals surface area contributed by atoms with Gasteiger partial charge < -0.3 is 38.5 Å². The van der Waals surface area contributed by atoms with E-state index in [-0.39, 0.29) is 40.9 Å². The third-order valence-corrected chi connectivity index (χ3v) is 0. The van der Waals surface area contributed by atoms with Crippen molar-refractivity contribution < 1.29 is 79.4 Å². The molecule has 8 nitrogen and oxygen atoms in total. The average molecular weight is 349 g/mol. The zero-order valence-corrected chi connectivity index (χ0v) is 9.58. The zero-order valence-electron chi connectivity index (χ0n) is 4.91. The van der Waals surface area contributed by atoms with Crippen molar-refractivity contribution in [3.05, 3.63) is 0 Å². The first kappa shape index (κ1) is 23.4. The Morgan fingerprint density at radius 2 is 0.667 bits per heavy atom. The van der Waals surface area contributed by atoms with Crippen LogP contribution in [0.15, 0.2) is 0 Å². The zero-order chi connectivity index (χ0) is 9.00. The molecule has 0 saturated heterocycles. The topological polar surface area (TPSA) is 172 Å². The molecule has 0 heterocycles. The SMILES string of the molecule is O=P([O-])([O-])[O-].O=P([O-])([O-])[O-].[Ag+].[V]. The second-order valence-corrected chi connectivity index (χ2v) is 2.68. The fourth-order valence-corrected chi connectivity index (χ4v) is 0. The van der Waals surface area contributed by atoms with Crippen LogP contribution in [0.2, 0.25) is 0 Å². The van der Waals surface area contributed by atoms with Gasteiger partial charge in [0.15, 0.2) is 0 Å². The van der Waals surface area contributed by atoms with Gasteiger partial charge in [0, 0.05) is 18.6 Å². The maximum Gasteiger partial charge on any atom is 1.00 e. The Bertz CT molecular complexity index is 129. The van der Waals surface area contributed by atoms with E-state index in [1.807, 2.05) is 0 Å². The Morgan fingerprint density at radius 1 is 0.667 bits per heavy atom. The Labute approximate surface area is 94.9 Å². The molecule has 12 heteroatoms. The molecule has 0 aliphatic heterocycles. The van der Waals surface area contributed by atoms with Crippen molar-refractivity contribution in [2.75, 3.05) is 0 Å². The van der Waals surface area contributed by atoms with Crippen LogP contribution < -0.4 is 29.4 Å². The summed E-state index contributed by atoms with van der Waals surface area (Å²) < 4.78 is 17.1. The van der Waals surface area contributed by atoms with Crippen LogP contribution in [-0.4, -0.2) is 0 Å². The van der Waals surface area contributed by atoms with Gasteiger partial charge in [-0.2, -0.15) is 15.6 Å². The fourth-order valence-electron chi connectivity index (χ4n) is 0. The maximum absolute atomic E-state index is 8.55. The smallest absolute Gasteiger partial charge is 0.822 e. The largest absolute Gasteiger partial charge is 1.00 e. The first-order chi connectivity index (χ1) is 4.00. The quantitative estimate of drug-likeness (QED) is 0.307. The van der Waals surface area contributed by atoms with Crippen molar-refractivity contribution in [1.29, 1.82) is 0 Å². The van der Waals surface area contributed by atoms with E-state index in [9.17, 15) is 0 Å². The molecular weight excluding hydrogens is 349 g/mol. The minimum absolute atomic E-state index is 0. The van der Waals surface area contributed by atoms with Gasteiger partial charge in [-0.25, -0.2) is 0 Å². The van der Waals surface area contributed by atoms with Crippen LogP contribution in [0, 0.1) is 0 Å². The Hall–Kier alpha value is 1.54. The molecule has 12 heavy (non-hydrogen) atoms. The number of phosphoric acid groups is 2. The van der Waals surface area contributed by atoms with Crippen molar-refractivity contribution in [1.82, 2.24) is 0 Å². The van der Waals surface area contributed by atoms with Crippen LogP contribution in [0.4, 0.5) is 0 Å². The molecule has 0 aliphatic carbocycles. The van der Waals surface area contributed by atoms with Crippen molar-refractivity contribution in [3.8, 4) is 0 Å². The van der Waals surface area contributed by atoms with E-state index in [1.165, 1.54) is 0 Å². The summed E-state index contributed by atoms with van der Waals surface area (Å²) in [4.78, 5) is 51.3. The summed E-state index contributed by atoms with van der Waals surface area (Å²) in [5.74, 6) is 0. The second kappa shape index (κ2) is 9.11. The van der Waals surface area contributed by atoms with E-state index in [2.05, 4.69) is 0 Å². The molecule has 0 aromatic rings. The van der Waals surface area contributed by atoms with Crippen LogP contribution in [-0.2, 0) is 50.1 Å². The first-order valence-corrected chi connectivity index (χ1v) is 4.38. The van der Waals surface area contributed by atoms with E-state index in [1.54, 1.807) is 0 Å². The standard InChI is InChI=1S/Ag.2H3O4P.V/c;2*1-5(2,3)4;/h;2*(H3,1,2,3,4);/q+1;;;/p-6. The van der Waals surface area contributed by atoms with Gasteiger partial charge in [0.2, 0.25) is 0 Å². The van der Waals surface area contributed by atoms with Crippen LogP contribution in [0.1, 0.15) is 0 Å². The summed E-state index contributed by atoms with van der Waals surface area (Å²) in [6, 6.07) is 0. The van der Waals surface area contributed by atoms with Crippen LogP contribution >= 0.6 is 15.6 Å². The normalized spacial score (nSPS) is 9.83. The summed E-state index contributed by atoms with van der Waals surface area (Å²) in [7, 11) is -10.8. The summed E-state index contributed by atoms with van der Waals surface area (Å²) in [6.07, 6.45) is 0. The van der Waals surface area contributed by atoms with Crippen LogP contribution in [0.25, 0.3) is 0 Å². The molecule has 0 atom stereocenters. The molecule has 1 radical (unpaired) electrons. The third kappa shape index (κ3) is 538. The molecule has 0 spiro atoms. The monoisotopic (exact) mass is 348 g/mol. The van der Waals surface area contributed by atoms with E-state index in [0.29, 0.717) is 0 Å². The minimum atomic E-state index is -5.39. The Kier molecular flexibility index (Phi) is 17.8. The van der Waals surface area contributed by atoms with E-state index < -0.39 is 15.6 Å². The molecule has 0 bridgehead atoms. The summed E-state index contributed by atoms with van der Waals surface area (Å²) in [5, 5.41) is 0. The molecule has 0 aromatic carbocycles. The third-order valence-electron chi connectivity index (χ3n) is 0. The van der Waals surface area contributed by atoms with Gasteiger partial charge in [-0.15, -0.1) is 0 Å². The van der Waals surface area contributed by atoms with Crippen LogP contribution in [0.3, 0.4) is 0 Å². The number of rotatable bonds is 0.